The van der Waals surface area contributed by atoms with E-state index in [2.05, 4.69) is 5.32 Å². The Morgan fingerprint density at radius 1 is 1.15 bits per heavy atom. The van der Waals surface area contributed by atoms with E-state index in [1.807, 2.05) is 24.3 Å². The zero-order valence-electron chi connectivity index (χ0n) is 14.8. The van der Waals surface area contributed by atoms with Crippen LogP contribution in [-0.4, -0.2) is 43.7 Å². The Bertz CT molecular complexity index is 788. The quantitative estimate of drug-likeness (QED) is 0.559. The van der Waals surface area contributed by atoms with Gasteiger partial charge in [-0.05, 0) is 18.2 Å². The van der Waals surface area contributed by atoms with Gasteiger partial charge in [-0.25, -0.2) is 0 Å². The van der Waals surface area contributed by atoms with Gasteiger partial charge in [0.25, 0.3) is 5.91 Å². The molecule has 1 heterocycles. The molecule has 1 saturated heterocycles. The summed E-state index contributed by atoms with van der Waals surface area (Å²) in [4.78, 5) is 23.9. The van der Waals surface area contributed by atoms with Crippen LogP contribution in [0, 0.1) is 10.1 Å². The lowest BCUT2D eigenvalue weighted by molar-refractivity contribution is -0.921. The molecule has 0 spiro atoms. The molecule has 2 aromatic rings. The first-order valence-electron chi connectivity index (χ1n) is 8.78. The number of hydrogen-bond acceptors (Lipinski definition) is 5. The monoisotopic (exact) mass is 372 g/mol. The number of nitrogens with one attached hydrogen (secondary N) is 2. The van der Waals surface area contributed by atoms with Gasteiger partial charge in [-0.2, -0.15) is 0 Å². The van der Waals surface area contributed by atoms with Gasteiger partial charge in [0.2, 0.25) is 0 Å². The van der Waals surface area contributed by atoms with Gasteiger partial charge in [-0.3, -0.25) is 14.9 Å². The lowest BCUT2D eigenvalue weighted by atomic mass is 10.2. The maximum absolute atomic E-state index is 12.0. The van der Waals surface area contributed by atoms with Gasteiger partial charge in [0, 0.05) is 17.3 Å². The Hall–Kier alpha value is -2.97. The average Bonchev–Trinajstić information content (AvgIpc) is 2.69. The van der Waals surface area contributed by atoms with Crippen molar-refractivity contribution in [3.8, 4) is 5.75 Å². The second-order valence-electron chi connectivity index (χ2n) is 6.30. The number of rotatable bonds is 7. The van der Waals surface area contributed by atoms with E-state index in [9.17, 15) is 14.9 Å². The number of anilines is 1. The van der Waals surface area contributed by atoms with Crippen molar-refractivity contribution in [2.45, 2.75) is 6.54 Å². The van der Waals surface area contributed by atoms with E-state index in [4.69, 9.17) is 9.47 Å². The normalized spacial score (nSPS) is 14.5. The van der Waals surface area contributed by atoms with Crippen LogP contribution in [0.2, 0.25) is 0 Å². The summed E-state index contributed by atoms with van der Waals surface area (Å²) >= 11 is 0. The number of quaternary nitrogens is 1. The molecule has 1 aliphatic rings. The molecule has 27 heavy (non-hydrogen) atoms. The summed E-state index contributed by atoms with van der Waals surface area (Å²) in [5.41, 5.74) is 1.69. The van der Waals surface area contributed by atoms with Gasteiger partial charge < -0.3 is 19.7 Å². The number of carbonyl (C=O) groups excluding carboxylic acids is 1. The summed E-state index contributed by atoms with van der Waals surface area (Å²) < 4.78 is 10.6. The Morgan fingerprint density at radius 2 is 1.85 bits per heavy atom. The molecular formula is C19H22N3O5+. The number of para-hydroxylation sites is 2. The molecule has 8 heteroatoms. The molecule has 0 aromatic heterocycles. The Labute approximate surface area is 156 Å². The van der Waals surface area contributed by atoms with Crippen LogP contribution in [0.5, 0.6) is 5.75 Å². The molecule has 2 aromatic carbocycles. The molecule has 0 aliphatic carbocycles. The van der Waals surface area contributed by atoms with Crippen molar-refractivity contribution in [3.05, 3.63) is 64.2 Å². The fraction of sp³-hybridized carbons (Fsp3) is 0.316. The largest absolute Gasteiger partial charge is 0.477 e. The van der Waals surface area contributed by atoms with Gasteiger partial charge in [-0.15, -0.1) is 0 Å². The van der Waals surface area contributed by atoms with Crippen LogP contribution in [0.1, 0.15) is 5.56 Å². The van der Waals surface area contributed by atoms with Crippen molar-refractivity contribution >= 4 is 17.3 Å². The molecule has 8 nitrogen and oxygen atoms in total. The fourth-order valence-corrected chi connectivity index (χ4v) is 2.90. The topological polar surface area (TPSA) is 95.1 Å². The van der Waals surface area contributed by atoms with Crippen molar-refractivity contribution < 1.29 is 24.1 Å². The highest BCUT2D eigenvalue weighted by molar-refractivity contribution is 5.91. The van der Waals surface area contributed by atoms with Gasteiger partial charge in [0.15, 0.2) is 12.4 Å². The molecule has 1 amide bonds. The van der Waals surface area contributed by atoms with Crippen LogP contribution in [0.3, 0.4) is 0 Å². The van der Waals surface area contributed by atoms with Gasteiger partial charge in [-0.1, -0.05) is 24.3 Å². The third kappa shape index (κ3) is 5.50. The van der Waals surface area contributed by atoms with E-state index in [1.165, 1.54) is 22.6 Å². The van der Waals surface area contributed by atoms with E-state index >= 15 is 0 Å². The second-order valence-corrected chi connectivity index (χ2v) is 6.30. The number of carbonyl (C=O) groups is 1. The van der Waals surface area contributed by atoms with E-state index < -0.39 is 4.92 Å². The average molecular weight is 372 g/mol. The van der Waals surface area contributed by atoms with Crippen LogP contribution < -0.4 is 15.0 Å². The zero-order chi connectivity index (χ0) is 19.1. The first-order chi connectivity index (χ1) is 13.1. The number of nitro groups is 1. The van der Waals surface area contributed by atoms with E-state index in [0.29, 0.717) is 5.69 Å². The number of morpholine rings is 1. The fourth-order valence-electron chi connectivity index (χ4n) is 2.90. The minimum atomic E-state index is -0.539. The number of nitrogens with zero attached hydrogens (tertiary/aromatic N) is 1. The van der Waals surface area contributed by atoms with Crippen LogP contribution in [0.4, 0.5) is 11.4 Å². The molecule has 0 bridgehead atoms. The lowest BCUT2D eigenvalue weighted by Crippen LogP contribution is -3.12. The van der Waals surface area contributed by atoms with Crippen LogP contribution in [0.25, 0.3) is 0 Å². The van der Waals surface area contributed by atoms with E-state index in [1.54, 1.807) is 12.1 Å². The SMILES string of the molecule is O=C(COc1ccccc1[N+](=O)[O-])Nc1ccc(C[NH+]2CCOCC2)cc1. The highest BCUT2D eigenvalue weighted by atomic mass is 16.6. The zero-order valence-corrected chi connectivity index (χ0v) is 14.8. The summed E-state index contributed by atoms with van der Waals surface area (Å²) in [5, 5.41) is 13.7. The predicted molar refractivity (Wildman–Crippen MR) is 98.9 cm³/mol. The summed E-state index contributed by atoms with van der Waals surface area (Å²) in [7, 11) is 0. The molecular weight excluding hydrogens is 350 g/mol. The van der Waals surface area contributed by atoms with Gasteiger partial charge in [0.1, 0.15) is 19.6 Å². The third-order valence-corrected chi connectivity index (χ3v) is 4.31. The maximum atomic E-state index is 12.0. The molecule has 142 valence electrons. The molecule has 0 saturated carbocycles. The van der Waals surface area contributed by atoms with Crippen molar-refractivity contribution in [3.63, 3.8) is 0 Å². The lowest BCUT2D eigenvalue weighted by Gasteiger charge is -2.23. The molecule has 1 aliphatic heterocycles. The number of benzene rings is 2. The summed E-state index contributed by atoms with van der Waals surface area (Å²) in [6.07, 6.45) is 0. The molecule has 3 rings (SSSR count). The van der Waals surface area contributed by atoms with Crippen LogP contribution in [-0.2, 0) is 16.1 Å². The van der Waals surface area contributed by atoms with Crippen molar-refractivity contribution in [2.75, 3.05) is 38.2 Å². The smallest absolute Gasteiger partial charge is 0.310 e. The number of amides is 1. The Morgan fingerprint density at radius 3 is 2.56 bits per heavy atom. The summed E-state index contributed by atoms with van der Waals surface area (Å²) in [6, 6.07) is 13.6. The van der Waals surface area contributed by atoms with Gasteiger partial charge >= 0.3 is 5.69 Å². The highest BCUT2D eigenvalue weighted by Gasteiger charge is 2.16. The minimum absolute atomic E-state index is 0.0708. The summed E-state index contributed by atoms with van der Waals surface area (Å²) in [5.74, 6) is -0.304. The standard InChI is InChI=1S/C19H21N3O5/c23-19(14-27-18-4-2-1-3-17(18)22(24)25)20-16-7-5-15(6-8-16)13-21-9-11-26-12-10-21/h1-8H,9-14H2,(H,20,23)/p+1. The third-order valence-electron chi connectivity index (χ3n) is 4.31. The number of hydrogen-bond donors (Lipinski definition) is 2. The number of ether oxygens (including phenoxy) is 2. The highest BCUT2D eigenvalue weighted by Crippen LogP contribution is 2.25. The van der Waals surface area contributed by atoms with E-state index in [0.717, 1.165) is 32.8 Å². The summed E-state index contributed by atoms with van der Waals surface area (Å²) in [6.45, 7) is 4.22. The maximum Gasteiger partial charge on any atom is 0.310 e. The van der Waals surface area contributed by atoms with Crippen molar-refractivity contribution in [1.29, 1.82) is 0 Å². The predicted octanol–water partition coefficient (Wildman–Crippen LogP) is 1.03. The van der Waals surface area contributed by atoms with Crippen LogP contribution in [0.15, 0.2) is 48.5 Å². The van der Waals surface area contributed by atoms with Gasteiger partial charge in [0.05, 0.1) is 18.1 Å². The van der Waals surface area contributed by atoms with Crippen molar-refractivity contribution in [1.82, 2.24) is 0 Å². The van der Waals surface area contributed by atoms with E-state index in [-0.39, 0.29) is 24.0 Å². The van der Waals surface area contributed by atoms with Crippen LogP contribution >= 0.6 is 0 Å². The Kier molecular flexibility index (Phi) is 6.35. The minimum Gasteiger partial charge on any atom is -0.477 e. The molecule has 2 N–H and O–H groups in total. The molecule has 0 atom stereocenters. The molecule has 1 fully saturated rings. The Balaban J connectivity index is 1.50. The first kappa shape index (κ1) is 18.8. The van der Waals surface area contributed by atoms with Crippen molar-refractivity contribution in [2.24, 2.45) is 0 Å². The number of nitro benzene ring substituents is 1. The second kappa shape index (κ2) is 9.11. The molecule has 0 radical (unpaired) electrons. The molecule has 0 unspecified atom stereocenters. The first-order valence-corrected chi connectivity index (χ1v) is 8.78.